The van der Waals surface area contributed by atoms with Crippen molar-refractivity contribution in [3.63, 3.8) is 0 Å². The molecule has 2 aromatic heterocycles. The summed E-state index contributed by atoms with van der Waals surface area (Å²) in [7, 11) is 0. The maximum absolute atomic E-state index is 11.1. The van der Waals surface area contributed by atoms with Gasteiger partial charge in [-0.15, -0.1) is 0 Å². The van der Waals surface area contributed by atoms with Crippen molar-refractivity contribution in [2.24, 2.45) is 0 Å². The van der Waals surface area contributed by atoms with Crippen LogP contribution in [0.5, 0.6) is 5.88 Å². The Bertz CT molecular complexity index is 887. The SMILES string of the molecule is CCCCCCCCOc1ccc(-c2nc3cc(C(=O)O)ccc3o2)cn1. The fourth-order valence-corrected chi connectivity index (χ4v) is 2.84. The maximum atomic E-state index is 11.1. The van der Waals surface area contributed by atoms with Crippen molar-refractivity contribution in [1.82, 2.24) is 9.97 Å². The van der Waals surface area contributed by atoms with Gasteiger partial charge in [0.25, 0.3) is 0 Å². The zero-order valence-corrected chi connectivity index (χ0v) is 15.5. The first-order chi connectivity index (χ1) is 13.2. The monoisotopic (exact) mass is 368 g/mol. The van der Waals surface area contributed by atoms with Crippen LogP contribution in [0.25, 0.3) is 22.6 Å². The van der Waals surface area contributed by atoms with Crippen molar-refractivity contribution in [3.05, 3.63) is 42.1 Å². The Morgan fingerprint density at radius 2 is 1.93 bits per heavy atom. The molecule has 0 aliphatic heterocycles. The highest BCUT2D eigenvalue weighted by atomic mass is 16.5. The average Bonchev–Trinajstić information content (AvgIpc) is 3.11. The summed E-state index contributed by atoms with van der Waals surface area (Å²) in [6, 6.07) is 8.24. The number of benzene rings is 1. The topological polar surface area (TPSA) is 85.5 Å². The number of pyridine rings is 1. The third-order valence-electron chi connectivity index (χ3n) is 4.37. The molecule has 142 valence electrons. The lowest BCUT2D eigenvalue weighted by Crippen LogP contribution is -1.99. The first-order valence-electron chi connectivity index (χ1n) is 9.40. The third-order valence-corrected chi connectivity index (χ3v) is 4.37. The summed E-state index contributed by atoms with van der Waals surface area (Å²) in [5.74, 6) is -0.00548. The Hall–Kier alpha value is -2.89. The lowest BCUT2D eigenvalue weighted by atomic mass is 10.1. The van der Waals surface area contributed by atoms with Gasteiger partial charge in [0.2, 0.25) is 11.8 Å². The number of rotatable bonds is 10. The molecular formula is C21H24N2O4. The first-order valence-corrected chi connectivity index (χ1v) is 9.40. The number of hydrogen-bond acceptors (Lipinski definition) is 5. The van der Waals surface area contributed by atoms with Gasteiger partial charge in [-0.1, -0.05) is 39.0 Å². The number of unbranched alkanes of at least 4 members (excludes halogenated alkanes) is 5. The van der Waals surface area contributed by atoms with Crippen LogP contribution in [0, 0.1) is 0 Å². The van der Waals surface area contributed by atoms with Gasteiger partial charge in [-0.3, -0.25) is 0 Å². The molecule has 0 atom stereocenters. The predicted octanol–water partition coefficient (Wildman–Crippen LogP) is 5.33. The number of nitrogens with zero attached hydrogens (tertiary/aromatic N) is 2. The van der Waals surface area contributed by atoms with Gasteiger partial charge in [-0.2, -0.15) is 0 Å². The minimum atomic E-state index is -0.991. The van der Waals surface area contributed by atoms with Gasteiger partial charge in [0, 0.05) is 12.3 Å². The van der Waals surface area contributed by atoms with Gasteiger partial charge >= 0.3 is 5.97 Å². The van der Waals surface area contributed by atoms with E-state index >= 15 is 0 Å². The van der Waals surface area contributed by atoms with Crippen LogP contribution < -0.4 is 4.74 Å². The molecular weight excluding hydrogens is 344 g/mol. The number of carbonyl (C=O) groups is 1. The van der Waals surface area contributed by atoms with E-state index in [0.717, 1.165) is 12.0 Å². The molecule has 0 radical (unpaired) electrons. The predicted molar refractivity (Wildman–Crippen MR) is 103 cm³/mol. The van der Waals surface area contributed by atoms with E-state index in [1.807, 2.05) is 6.07 Å². The molecule has 0 fully saturated rings. The van der Waals surface area contributed by atoms with Crippen LogP contribution in [0.1, 0.15) is 55.8 Å². The van der Waals surface area contributed by atoms with Gasteiger partial charge in [-0.05, 0) is 30.7 Å². The first kappa shape index (κ1) is 18.9. The Kier molecular flexibility index (Phi) is 6.41. The molecule has 6 nitrogen and oxygen atoms in total. The molecule has 6 heteroatoms. The minimum absolute atomic E-state index is 0.180. The molecule has 2 heterocycles. The number of aromatic carboxylic acids is 1. The van der Waals surface area contributed by atoms with Crippen LogP contribution in [0.3, 0.4) is 0 Å². The quantitative estimate of drug-likeness (QED) is 0.487. The Morgan fingerprint density at radius 3 is 2.67 bits per heavy atom. The number of carboxylic acid groups (broad SMARTS) is 1. The maximum Gasteiger partial charge on any atom is 0.335 e. The van der Waals surface area contributed by atoms with Gasteiger partial charge in [0.05, 0.1) is 17.7 Å². The summed E-state index contributed by atoms with van der Waals surface area (Å²) in [5.41, 5.74) is 1.95. The van der Waals surface area contributed by atoms with E-state index in [1.54, 1.807) is 18.3 Å². The molecule has 0 amide bonds. The second kappa shape index (κ2) is 9.16. The molecule has 0 unspecified atom stereocenters. The van der Waals surface area contributed by atoms with Crippen molar-refractivity contribution in [3.8, 4) is 17.3 Å². The molecule has 0 saturated carbocycles. The Labute approximate surface area is 158 Å². The van der Waals surface area contributed by atoms with Crippen molar-refractivity contribution in [2.75, 3.05) is 6.61 Å². The summed E-state index contributed by atoms with van der Waals surface area (Å²) < 4.78 is 11.4. The van der Waals surface area contributed by atoms with E-state index in [2.05, 4.69) is 16.9 Å². The zero-order chi connectivity index (χ0) is 19.1. The van der Waals surface area contributed by atoms with Gasteiger partial charge < -0.3 is 14.3 Å². The fourth-order valence-electron chi connectivity index (χ4n) is 2.84. The van der Waals surface area contributed by atoms with E-state index in [9.17, 15) is 4.79 Å². The molecule has 0 spiro atoms. The van der Waals surface area contributed by atoms with Crippen LogP contribution in [-0.4, -0.2) is 27.7 Å². The number of hydrogen-bond donors (Lipinski definition) is 1. The molecule has 27 heavy (non-hydrogen) atoms. The van der Waals surface area contributed by atoms with Crippen LogP contribution in [-0.2, 0) is 0 Å². The van der Waals surface area contributed by atoms with Gasteiger partial charge in [-0.25, -0.2) is 14.8 Å². The molecule has 0 saturated heterocycles. The van der Waals surface area contributed by atoms with Crippen LogP contribution >= 0.6 is 0 Å². The summed E-state index contributed by atoms with van der Waals surface area (Å²) >= 11 is 0. The molecule has 3 aromatic rings. The van der Waals surface area contributed by atoms with Crippen molar-refractivity contribution < 1.29 is 19.1 Å². The van der Waals surface area contributed by atoms with Crippen molar-refractivity contribution in [1.29, 1.82) is 0 Å². The van der Waals surface area contributed by atoms with Crippen LogP contribution in [0.2, 0.25) is 0 Å². The summed E-state index contributed by atoms with van der Waals surface area (Å²) in [6.45, 7) is 2.88. The minimum Gasteiger partial charge on any atom is -0.478 e. The highest BCUT2D eigenvalue weighted by Gasteiger charge is 2.11. The Morgan fingerprint density at radius 1 is 1.11 bits per heavy atom. The lowest BCUT2D eigenvalue weighted by molar-refractivity contribution is 0.0697. The van der Waals surface area contributed by atoms with E-state index in [1.165, 1.54) is 44.2 Å². The molecule has 1 aromatic carbocycles. The molecule has 3 rings (SSSR count). The highest BCUT2D eigenvalue weighted by molar-refractivity contribution is 5.92. The highest BCUT2D eigenvalue weighted by Crippen LogP contribution is 2.25. The summed E-state index contributed by atoms with van der Waals surface area (Å²) in [6.07, 6.45) is 8.97. The standard InChI is InChI=1S/C21H24N2O4/c1-2-3-4-5-6-7-12-26-19-11-9-16(14-22-19)20-23-17-13-15(21(24)25)8-10-18(17)27-20/h8-11,13-14H,2-7,12H2,1H3,(H,24,25). The summed E-state index contributed by atoms with van der Waals surface area (Å²) in [5, 5.41) is 9.06. The smallest absolute Gasteiger partial charge is 0.335 e. The largest absolute Gasteiger partial charge is 0.478 e. The number of carboxylic acids is 1. The molecule has 0 bridgehead atoms. The van der Waals surface area contributed by atoms with E-state index in [4.69, 9.17) is 14.3 Å². The number of aromatic nitrogens is 2. The molecule has 0 aliphatic rings. The van der Waals surface area contributed by atoms with Crippen LogP contribution in [0.4, 0.5) is 0 Å². The third kappa shape index (κ3) is 5.06. The van der Waals surface area contributed by atoms with Crippen molar-refractivity contribution >= 4 is 17.1 Å². The van der Waals surface area contributed by atoms with E-state index < -0.39 is 5.97 Å². The van der Waals surface area contributed by atoms with Crippen LogP contribution in [0.15, 0.2) is 40.9 Å². The number of oxazole rings is 1. The second-order valence-electron chi connectivity index (χ2n) is 6.51. The average molecular weight is 368 g/mol. The van der Waals surface area contributed by atoms with Gasteiger partial charge in [0.1, 0.15) is 5.52 Å². The normalized spacial score (nSPS) is 11.0. The van der Waals surface area contributed by atoms with E-state index in [-0.39, 0.29) is 5.56 Å². The second-order valence-corrected chi connectivity index (χ2v) is 6.51. The molecule has 0 aliphatic carbocycles. The number of ether oxygens (including phenoxy) is 1. The van der Waals surface area contributed by atoms with E-state index in [0.29, 0.717) is 29.5 Å². The van der Waals surface area contributed by atoms with Gasteiger partial charge in [0.15, 0.2) is 5.58 Å². The summed E-state index contributed by atoms with van der Waals surface area (Å²) in [4.78, 5) is 19.7. The Balaban J connectivity index is 1.57. The lowest BCUT2D eigenvalue weighted by Gasteiger charge is -2.05. The van der Waals surface area contributed by atoms with Crippen molar-refractivity contribution in [2.45, 2.75) is 45.4 Å². The molecule has 1 N–H and O–H groups in total. The number of fused-ring (bicyclic) bond motifs is 1. The fraction of sp³-hybridized carbons (Fsp3) is 0.381. The zero-order valence-electron chi connectivity index (χ0n) is 15.5.